The molecule has 0 spiro atoms. The first-order valence-corrected chi connectivity index (χ1v) is 23.7. The van der Waals surface area contributed by atoms with E-state index in [1.807, 2.05) is 158 Å². The fourth-order valence-corrected chi connectivity index (χ4v) is 8.64. The Hall–Kier alpha value is -8.06. The number of hydrogen-bond donors (Lipinski definition) is 1. The van der Waals surface area contributed by atoms with E-state index in [1.54, 1.807) is 24.3 Å². The standard InChI is InChI=1S/C58H63N5O8/c1-59(54(65)49(37-43-26-14-7-15-27-43)61(3)56(67)51(39-45-30-18-9-19-31-45)63(5)58(70)71-41-47-34-22-11-23-35-47)48(36-42-24-12-6-13-25-42)53(64)60(2)50(38-44-28-16-8-17-29-44)55(66)62(4)52(57(68)69)40-46-32-20-10-21-33-46/h6-35,48-52H,36-41H2,1-5H3,(H,68,69)/t48-,49-,50-,51-,52-/m0/s1. The molecule has 0 unspecified atom stereocenters. The van der Waals surface area contributed by atoms with Crippen molar-refractivity contribution in [2.45, 2.75) is 68.9 Å². The van der Waals surface area contributed by atoms with Crippen LogP contribution < -0.4 is 0 Å². The smallest absolute Gasteiger partial charge is 0.410 e. The van der Waals surface area contributed by atoms with Crippen LogP contribution in [0.2, 0.25) is 0 Å². The molecule has 71 heavy (non-hydrogen) atoms. The van der Waals surface area contributed by atoms with E-state index in [1.165, 1.54) is 59.7 Å². The van der Waals surface area contributed by atoms with Crippen molar-refractivity contribution < 1.29 is 38.6 Å². The van der Waals surface area contributed by atoms with Crippen LogP contribution in [0.3, 0.4) is 0 Å². The number of rotatable bonds is 22. The van der Waals surface area contributed by atoms with E-state index < -0.39 is 65.9 Å². The van der Waals surface area contributed by atoms with Crippen molar-refractivity contribution in [3.8, 4) is 0 Å². The molecule has 0 aliphatic carbocycles. The number of benzene rings is 6. The molecule has 0 aliphatic rings. The lowest BCUT2D eigenvalue weighted by Crippen LogP contribution is -2.61. The molecular formula is C58H63N5O8. The highest BCUT2D eigenvalue weighted by Gasteiger charge is 2.42. The molecule has 0 bridgehead atoms. The zero-order valence-electron chi connectivity index (χ0n) is 41.0. The second kappa shape index (κ2) is 25.5. The Bertz CT molecular complexity index is 2660. The molecule has 0 heterocycles. The van der Waals surface area contributed by atoms with Gasteiger partial charge in [0.25, 0.3) is 0 Å². The van der Waals surface area contributed by atoms with Gasteiger partial charge in [0.1, 0.15) is 36.8 Å². The van der Waals surface area contributed by atoms with Crippen LogP contribution in [-0.2, 0) is 67.4 Å². The number of amides is 5. The van der Waals surface area contributed by atoms with Crippen molar-refractivity contribution in [3.63, 3.8) is 0 Å². The van der Waals surface area contributed by atoms with Crippen molar-refractivity contribution in [2.75, 3.05) is 35.2 Å². The molecule has 5 amide bonds. The van der Waals surface area contributed by atoms with Crippen LogP contribution in [0, 0.1) is 0 Å². The third kappa shape index (κ3) is 14.3. The summed E-state index contributed by atoms with van der Waals surface area (Å²) in [5, 5.41) is 10.5. The number of aliphatic carboxylic acids is 1. The Morgan fingerprint density at radius 3 is 0.803 bits per heavy atom. The Kier molecular flexibility index (Phi) is 18.8. The van der Waals surface area contributed by atoms with E-state index >= 15 is 14.4 Å². The summed E-state index contributed by atoms with van der Waals surface area (Å²) in [6, 6.07) is 49.1. The van der Waals surface area contributed by atoms with Gasteiger partial charge in [-0.3, -0.25) is 24.1 Å². The summed E-state index contributed by atoms with van der Waals surface area (Å²) in [5.41, 5.74) is 4.49. The summed E-state index contributed by atoms with van der Waals surface area (Å²) in [5.74, 6) is -3.45. The number of nitrogens with zero attached hydrogens (tertiary/aromatic N) is 5. The van der Waals surface area contributed by atoms with E-state index in [0.29, 0.717) is 0 Å². The van der Waals surface area contributed by atoms with Gasteiger partial charge in [0, 0.05) is 67.3 Å². The zero-order valence-corrected chi connectivity index (χ0v) is 41.0. The van der Waals surface area contributed by atoms with Gasteiger partial charge in [0.05, 0.1) is 0 Å². The molecule has 5 atom stereocenters. The van der Waals surface area contributed by atoms with Gasteiger partial charge in [-0.1, -0.05) is 182 Å². The predicted octanol–water partition coefficient (Wildman–Crippen LogP) is 7.23. The minimum absolute atomic E-state index is 0.0147. The average Bonchev–Trinajstić information content (AvgIpc) is 3.41. The monoisotopic (exact) mass is 957 g/mol. The Balaban J connectivity index is 1.35. The highest BCUT2D eigenvalue weighted by Crippen LogP contribution is 2.23. The number of carbonyl (C=O) groups is 6. The van der Waals surface area contributed by atoms with Crippen molar-refractivity contribution >= 4 is 35.7 Å². The quantitative estimate of drug-likeness (QED) is 0.0750. The first-order valence-electron chi connectivity index (χ1n) is 23.7. The molecule has 0 saturated carbocycles. The number of carbonyl (C=O) groups excluding carboxylic acids is 5. The van der Waals surface area contributed by atoms with E-state index in [0.717, 1.165) is 33.4 Å². The Morgan fingerprint density at radius 1 is 0.338 bits per heavy atom. The van der Waals surface area contributed by atoms with Gasteiger partial charge >= 0.3 is 12.1 Å². The Morgan fingerprint density at radius 2 is 0.549 bits per heavy atom. The predicted molar refractivity (Wildman–Crippen MR) is 273 cm³/mol. The lowest BCUT2D eigenvalue weighted by Gasteiger charge is -2.39. The van der Waals surface area contributed by atoms with Crippen molar-refractivity contribution in [1.29, 1.82) is 0 Å². The van der Waals surface area contributed by atoms with Gasteiger partial charge in [-0.05, 0) is 33.4 Å². The highest BCUT2D eigenvalue weighted by atomic mass is 16.6. The number of ether oxygens (including phenoxy) is 1. The summed E-state index contributed by atoms with van der Waals surface area (Å²) >= 11 is 0. The fourth-order valence-electron chi connectivity index (χ4n) is 8.64. The molecule has 0 radical (unpaired) electrons. The normalized spacial score (nSPS) is 13.0. The lowest BCUT2D eigenvalue weighted by atomic mass is 9.97. The van der Waals surface area contributed by atoms with Gasteiger partial charge in [0.15, 0.2) is 0 Å². The van der Waals surface area contributed by atoms with Crippen molar-refractivity contribution in [2.24, 2.45) is 0 Å². The highest BCUT2D eigenvalue weighted by molar-refractivity contribution is 5.96. The van der Waals surface area contributed by atoms with Crippen LogP contribution in [0.5, 0.6) is 0 Å². The largest absolute Gasteiger partial charge is 0.480 e. The van der Waals surface area contributed by atoms with Gasteiger partial charge < -0.3 is 29.4 Å². The van der Waals surface area contributed by atoms with E-state index in [-0.39, 0.29) is 38.7 Å². The maximum absolute atomic E-state index is 15.5. The maximum Gasteiger partial charge on any atom is 0.410 e. The Labute approximate surface area is 416 Å². The van der Waals surface area contributed by atoms with E-state index in [4.69, 9.17) is 4.74 Å². The third-order valence-corrected chi connectivity index (χ3v) is 13.0. The van der Waals surface area contributed by atoms with Crippen molar-refractivity contribution in [3.05, 3.63) is 215 Å². The molecule has 0 aromatic heterocycles. The molecule has 368 valence electrons. The van der Waals surface area contributed by atoms with Gasteiger partial charge in [0.2, 0.25) is 23.6 Å². The molecular weight excluding hydrogens is 895 g/mol. The topological polar surface area (TPSA) is 148 Å². The second-order valence-corrected chi connectivity index (χ2v) is 17.8. The molecule has 0 fully saturated rings. The zero-order chi connectivity index (χ0) is 50.9. The minimum atomic E-state index is -1.25. The third-order valence-electron chi connectivity index (χ3n) is 13.0. The number of carboxylic acids is 1. The van der Waals surface area contributed by atoms with Gasteiger partial charge in [-0.2, -0.15) is 0 Å². The minimum Gasteiger partial charge on any atom is -0.480 e. The van der Waals surface area contributed by atoms with Crippen molar-refractivity contribution in [1.82, 2.24) is 24.5 Å². The van der Waals surface area contributed by atoms with Crippen LogP contribution in [0.25, 0.3) is 0 Å². The van der Waals surface area contributed by atoms with Crippen LogP contribution in [0.4, 0.5) is 4.79 Å². The summed E-state index contributed by atoms with van der Waals surface area (Å²) in [6.45, 7) is -0.0147. The number of hydrogen-bond acceptors (Lipinski definition) is 7. The first kappa shape index (κ1) is 52.3. The van der Waals surface area contributed by atoms with Gasteiger partial charge in [-0.15, -0.1) is 0 Å². The molecule has 1 N–H and O–H groups in total. The summed E-state index contributed by atoms with van der Waals surface area (Å²) < 4.78 is 5.70. The SMILES string of the molecule is CN(C(=O)OCc1ccccc1)[C@@H](Cc1ccccc1)C(=O)N(C)[C@@H](Cc1ccccc1)C(=O)N(C)[C@@H](Cc1ccccc1)C(=O)N(C)[C@@H](Cc1ccccc1)C(=O)N(C)[C@@H](Cc1ccccc1)C(=O)O. The van der Waals surface area contributed by atoms with Crippen LogP contribution in [-0.4, -0.2) is 131 Å². The summed E-state index contributed by atoms with van der Waals surface area (Å²) in [4.78, 5) is 93.8. The number of carboxylic acid groups (broad SMARTS) is 1. The fraction of sp³-hybridized carbons (Fsp3) is 0.276. The molecule has 13 nitrogen and oxygen atoms in total. The molecule has 0 aliphatic heterocycles. The first-order chi connectivity index (χ1) is 34.2. The molecule has 6 aromatic carbocycles. The molecule has 6 aromatic rings. The molecule has 6 rings (SSSR count). The lowest BCUT2D eigenvalue weighted by molar-refractivity contribution is -0.156. The number of likely N-dealkylation sites (N-methyl/N-ethyl adjacent to an activating group) is 5. The summed E-state index contributed by atoms with van der Waals surface area (Å²) in [6.07, 6.45) is -0.418. The van der Waals surface area contributed by atoms with Crippen LogP contribution >= 0.6 is 0 Å². The van der Waals surface area contributed by atoms with Gasteiger partial charge in [-0.25, -0.2) is 9.59 Å². The van der Waals surface area contributed by atoms with Crippen LogP contribution in [0.1, 0.15) is 33.4 Å². The summed E-state index contributed by atoms with van der Waals surface area (Å²) in [7, 11) is 7.49. The molecule has 0 saturated heterocycles. The second-order valence-electron chi connectivity index (χ2n) is 17.8. The van der Waals surface area contributed by atoms with E-state index in [2.05, 4.69) is 0 Å². The molecule has 13 heteroatoms. The van der Waals surface area contributed by atoms with Crippen LogP contribution in [0.15, 0.2) is 182 Å². The van der Waals surface area contributed by atoms with E-state index in [9.17, 15) is 19.5 Å². The average molecular weight is 958 g/mol. The maximum atomic E-state index is 15.5.